The number of likely N-dealkylation sites (N-methyl/N-ethyl adjacent to an activating group) is 2. The van der Waals surface area contributed by atoms with Gasteiger partial charge in [0, 0.05) is 23.7 Å². The molecule has 7 nitrogen and oxygen atoms in total. The number of benzene rings is 1. The molecule has 150 valence electrons. The van der Waals surface area contributed by atoms with Crippen LogP contribution in [0.4, 0.5) is 5.69 Å². The highest BCUT2D eigenvalue weighted by Gasteiger charge is 2.44. The Bertz CT molecular complexity index is 868. The second-order valence-electron chi connectivity index (χ2n) is 7.02. The summed E-state index contributed by atoms with van der Waals surface area (Å²) in [5.74, 6) is -3.25. The van der Waals surface area contributed by atoms with Crippen LogP contribution in [-0.4, -0.2) is 66.2 Å². The van der Waals surface area contributed by atoms with E-state index in [0.717, 1.165) is 29.9 Å². The number of hydrogen-bond donors (Lipinski definition) is 2. The second kappa shape index (κ2) is 8.50. The molecule has 0 bridgehead atoms. The van der Waals surface area contributed by atoms with Gasteiger partial charge < -0.3 is 10.2 Å². The molecular formula is C21H27N2O5+. The molecule has 1 unspecified atom stereocenters. The maximum Gasteiger partial charge on any atom is 0.351 e. The summed E-state index contributed by atoms with van der Waals surface area (Å²) in [6, 6.07) is 5.58. The molecule has 0 aromatic heterocycles. The number of aryl methyl sites for hydroxylation is 1. The fraction of sp³-hybridized carbons (Fsp3) is 0.381. The first kappa shape index (κ1) is 21.5. The Kier molecular flexibility index (Phi) is 6.53. The van der Waals surface area contributed by atoms with Crippen LogP contribution in [0.25, 0.3) is 6.08 Å². The standard InChI is InChI=1S/C21H26N2O5/c1-5-22(6-2)10-11-23(4)19-14(3)8-7-9-15(19)12-16(20(23)26)17(21(27)28)13-18(24)25/h7-9,12-13H,5-6,10-11H2,1-4H3,(H-,24,25,27,28)/p+1/b17-13-. The maximum absolute atomic E-state index is 13.5. The van der Waals surface area contributed by atoms with Gasteiger partial charge in [-0.25, -0.2) is 18.9 Å². The molecule has 1 atom stereocenters. The van der Waals surface area contributed by atoms with Gasteiger partial charge >= 0.3 is 17.8 Å². The molecule has 1 aromatic rings. The zero-order valence-corrected chi connectivity index (χ0v) is 16.7. The molecule has 0 saturated heterocycles. The third kappa shape index (κ3) is 4.05. The van der Waals surface area contributed by atoms with E-state index in [1.54, 1.807) is 7.05 Å². The first-order valence-electron chi connectivity index (χ1n) is 9.28. The molecule has 0 aliphatic carbocycles. The molecule has 7 heteroatoms. The number of aliphatic carboxylic acids is 2. The molecule has 0 fully saturated rings. The van der Waals surface area contributed by atoms with Crippen LogP contribution in [0.5, 0.6) is 0 Å². The van der Waals surface area contributed by atoms with Gasteiger partial charge in [-0.2, -0.15) is 0 Å². The summed E-state index contributed by atoms with van der Waals surface area (Å²) in [7, 11) is 1.77. The summed E-state index contributed by atoms with van der Waals surface area (Å²) in [6.07, 6.45) is 2.08. The average Bonchev–Trinajstić information content (AvgIpc) is 2.63. The third-order valence-electron chi connectivity index (χ3n) is 5.29. The Morgan fingerprint density at radius 2 is 1.82 bits per heavy atom. The minimum atomic E-state index is -1.44. The molecule has 1 aliphatic rings. The number of carbonyl (C=O) groups excluding carboxylic acids is 1. The number of amides is 1. The summed E-state index contributed by atoms with van der Waals surface area (Å²) in [6.45, 7) is 8.80. The van der Waals surface area contributed by atoms with E-state index in [4.69, 9.17) is 5.11 Å². The Balaban J connectivity index is 2.65. The van der Waals surface area contributed by atoms with Gasteiger partial charge in [-0.3, -0.25) is 4.90 Å². The lowest BCUT2D eigenvalue weighted by Crippen LogP contribution is -2.57. The summed E-state index contributed by atoms with van der Waals surface area (Å²) in [4.78, 5) is 38.5. The number of rotatable bonds is 8. The van der Waals surface area contributed by atoms with Gasteiger partial charge in [0.05, 0.1) is 18.2 Å². The van der Waals surface area contributed by atoms with E-state index in [9.17, 15) is 19.5 Å². The molecule has 2 rings (SSSR count). The van der Waals surface area contributed by atoms with E-state index in [0.29, 0.717) is 19.2 Å². The molecule has 1 heterocycles. The van der Waals surface area contributed by atoms with Crippen LogP contribution >= 0.6 is 0 Å². The maximum atomic E-state index is 13.5. The zero-order chi connectivity index (χ0) is 21.1. The smallest absolute Gasteiger partial charge is 0.351 e. The van der Waals surface area contributed by atoms with Crippen LogP contribution in [0.2, 0.25) is 0 Å². The van der Waals surface area contributed by atoms with Crippen molar-refractivity contribution in [2.75, 3.05) is 33.2 Å². The average molecular weight is 387 g/mol. The predicted octanol–water partition coefficient (Wildman–Crippen LogP) is 2.29. The summed E-state index contributed by atoms with van der Waals surface area (Å²) < 4.78 is -0.103. The van der Waals surface area contributed by atoms with Crippen molar-refractivity contribution in [3.63, 3.8) is 0 Å². The largest absolute Gasteiger partial charge is 0.478 e. The Morgan fingerprint density at radius 1 is 1.18 bits per heavy atom. The number of carboxylic acid groups (broad SMARTS) is 2. The van der Waals surface area contributed by atoms with Gasteiger partial charge in [0.2, 0.25) is 0 Å². The zero-order valence-electron chi connectivity index (χ0n) is 16.7. The van der Waals surface area contributed by atoms with E-state index < -0.39 is 23.4 Å². The summed E-state index contributed by atoms with van der Waals surface area (Å²) in [5.41, 5.74) is 1.90. The van der Waals surface area contributed by atoms with Crippen molar-refractivity contribution in [1.82, 2.24) is 9.38 Å². The van der Waals surface area contributed by atoms with E-state index in [1.165, 1.54) is 6.08 Å². The minimum Gasteiger partial charge on any atom is -0.478 e. The fourth-order valence-electron chi connectivity index (χ4n) is 3.72. The highest BCUT2D eigenvalue weighted by atomic mass is 16.4. The molecule has 28 heavy (non-hydrogen) atoms. The van der Waals surface area contributed by atoms with Crippen molar-refractivity contribution in [2.45, 2.75) is 20.8 Å². The number of fused-ring (bicyclic) bond motifs is 1. The van der Waals surface area contributed by atoms with Crippen molar-refractivity contribution < 1.29 is 24.6 Å². The fourth-order valence-corrected chi connectivity index (χ4v) is 3.72. The molecular weight excluding hydrogens is 360 g/mol. The van der Waals surface area contributed by atoms with Crippen LogP contribution in [0, 0.1) is 6.92 Å². The number of carboxylic acids is 2. The molecule has 0 spiro atoms. The molecule has 1 aromatic carbocycles. The summed E-state index contributed by atoms with van der Waals surface area (Å²) in [5, 5.41) is 18.6. The first-order chi connectivity index (χ1) is 13.2. The number of nitrogens with zero attached hydrogens (tertiary/aromatic N) is 2. The first-order valence-corrected chi connectivity index (χ1v) is 9.28. The number of carbonyl (C=O) groups is 3. The van der Waals surface area contributed by atoms with Crippen LogP contribution in [0.3, 0.4) is 0 Å². The third-order valence-corrected chi connectivity index (χ3v) is 5.29. The monoisotopic (exact) mass is 387 g/mol. The van der Waals surface area contributed by atoms with E-state index in [-0.39, 0.29) is 10.1 Å². The topological polar surface area (TPSA) is 94.9 Å². The number of hydrogen-bond acceptors (Lipinski definition) is 4. The molecule has 1 aliphatic heterocycles. The van der Waals surface area contributed by atoms with Crippen molar-refractivity contribution in [3.05, 3.63) is 46.5 Å². The second-order valence-corrected chi connectivity index (χ2v) is 7.02. The highest BCUT2D eigenvalue weighted by Crippen LogP contribution is 2.39. The van der Waals surface area contributed by atoms with Crippen LogP contribution in [-0.2, 0) is 14.4 Å². The normalized spacial score (nSPS) is 19.4. The van der Waals surface area contributed by atoms with Gasteiger partial charge in [-0.05, 0) is 32.2 Å². The van der Waals surface area contributed by atoms with Crippen LogP contribution in [0.1, 0.15) is 25.0 Å². The molecule has 0 saturated carbocycles. The Hall–Kier alpha value is -2.77. The molecule has 0 radical (unpaired) electrons. The van der Waals surface area contributed by atoms with Crippen LogP contribution in [0.15, 0.2) is 35.4 Å². The van der Waals surface area contributed by atoms with Gasteiger partial charge in [0.25, 0.3) is 0 Å². The van der Waals surface area contributed by atoms with Crippen molar-refractivity contribution >= 4 is 29.6 Å². The van der Waals surface area contributed by atoms with Crippen molar-refractivity contribution in [2.24, 2.45) is 0 Å². The Labute approximate surface area is 164 Å². The summed E-state index contributed by atoms with van der Waals surface area (Å²) >= 11 is 0. The van der Waals surface area contributed by atoms with Gasteiger partial charge in [0.1, 0.15) is 6.54 Å². The predicted molar refractivity (Wildman–Crippen MR) is 108 cm³/mol. The van der Waals surface area contributed by atoms with Gasteiger partial charge in [0.15, 0.2) is 5.69 Å². The van der Waals surface area contributed by atoms with Gasteiger partial charge in [-0.1, -0.05) is 26.0 Å². The van der Waals surface area contributed by atoms with E-state index >= 15 is 0 Å². The lowest BCUT2D eigenvalue weighted by atomic mass is 9.92. The quantitative estimate of drug-likeness (QED) is 0.525. The van der Waals surface area contributed by atoms with Gasteiger partial charge in [-0.15, -0.1) is 0 Å². The Morgan fingerprint density at radius 3 is 2.36 bits per heavy atom. The highest BCUT2D eigenvalue weighted by molar-refractivity contribution is 6.19. The number of para-hydroxylation sites is 1. The van der Waals surface area contributed by atoms with Crippen LogP contribution < -0.4 is 4.48 Å². The van der Waals surface area contributed by atoms with E-state index in [1.807, 2.05) is 39.0 Å². The van der Waals surface area contributed by atoms with Crippen molar-refractivity contribution in [1.29, 1.82) is 0 Å². The van der Waals surface area contributed by atoms with E-state index in [2.05, 4.69) is 4.90 Å². The number of quaternary nitrogens is 1. The van der Waals surface area contributed by atoms with Crippen molar-refractivity contribution in [3.8, 4) is 0 Å². The molecule has 2 N–H and O–H groups in total. The lowest BCUT2D eigenvalue weighted by molar-refractivity contribution is -0.135. The SMILES string of the molecule is CCN(CC)CC[N+]1(C)C(=O)C(/C(=C/C(=O)O)C(=O)O)=Cc2cccc(C)c21. The lowest BCUT2D eigenvalue weighted by Gasteiger charge is -2.38. The minimum absolute atomic E-state index is 0.0879. The molecule has 1 amide bonds.